The molecule has 2 aromatic carbocycles. The van der Waals surface area contributed by atoms with Gasteiger partial charge in [-0.05, 0) is 60.2 Å². The van der Waals surface area contributed by atoms with Crippen molar-refractivity contribution in [3.05, 3.63) is 60.4 Å². The lowest BCUT2D eigenvalue weighted by Gasteiger charge is -2.12. The highest BCUT2D eigenvalue weighted by atomic mass is 32.2. The largest absolute Gasteiger partial charge is 0.325 e. The van der Waals surface area contributed by atoms with Crippen LogP contribution in [-0.4, -0.2) is 41.3 Å². The molecule has 0 saturated carbocycles. The Balaban J connectivity index is 1.48. The zero-order valence-electron chi connectivity index (χ0n) is 15.3. The van der Waals surface area contributed by atoms with Crippen molar-refractivity contribution in [2.24, 2.45) is 0 Å². The molecule has 0 aliphatic rings. The Morgan fingerprint density at radius 1 is 1.11 bits per heavy atom. The van der Waals surface area contributed by atoms with Gasteiger partial charge in [-0.25, -0.2) is 0 Å². The number of carbonyl (C=O) groups excluding carboxylic acids is 1. The minimum absolute atomic E-state index is 0.146. The summed E-state index contributed by atoms with van der Waals surface area (Å²) in [5.41, 5.74) is 4.13. The van der Waals surface area contributed by atoms with Gasteiger partial charge >= 0.3 is 0 Å². The lowest BCUT2D eigenvalue weighted by Crippen LogP contribution is -2.23. The highest BCUT2D eigenvalue weighted by molar-refractivity contribution is 8.00. The molecule has 1 atom stereocenters. The fourth-order valence-corrected chi connectivity index (χ4v) is 3.48. The second kappa shape index (κ2) is 7.73. The third-order valence-electron chi connectivity index (χ3n) is 4.08. The van der Waals surface area contributed by atoms with E-state index in [0.29, 0.717) is 10.8 Å². The predicted molar refractivity (Wildman–Crippen MR) is 107 cm³/mol. The van der Waals surface area contributed by atoms with Crippen molar-refractivity contribution < 1.29 is 4.79 Å². The molecule has 28 heavy (non-hydrogen) atoms. The molecule has 2 aromatic heterocycles. The van der Waals surface area contributed by atoms with Crippen LogP contribution in [0.3, 0.4) is 0 Å². The molecule has 8 nitrogen and oxygen atoms in total. The van der Waals surface area contributed by atoms with Gasteiger partial charge in [0.25, 0.3) is 0 Å². The molecule has 0 radical (unpaired) electrons. The maximum absolute atomic E-state index is 12.6. The van der Waals surface area contributed by atoms with Gasteiger partial charge in [0.2, 0.25) is 11.1 Å². The van der Waals surface area contributed by atoms with Crippen LogP contribution in [0.1, 0.15) is 12.5 Å². The highest BCUT2D eigenvalue weighted by Gasteiger charge is 2.19. The number of rotatable bonds is 5. The number of nitrogens with zero attached hydrogens (tertiary/aromatic N) is 6. The average Bonchev–Trinajstić information content (AvgIpc) is 3.16. The molecule has 0 unspecified atom stereocenters. The Morgan fingerprint density at radius 2 is 1.93 bits per heavy atom. The zero-order valence-corrected chi connectivity index (χ0v) is 16.1. The van der Waals surface area contributed by atoms with Crippen LogP contribution >= 0.6 is 11.8 Å². The Labute approximate surface area is 165 Å². The second-order valence-corrected chi connectivity index (χ2v) is 7.53. The topological polar surface area (TPSA) is 98.5 Å². The molecule has 0 saturated heterocycles. The molecule has 1 amide bonds. The molecule has 2 heterocycles. The first kappa shape index (κ1) is 18.1. The number of hydrogen-bond acceptors (Lipinski definition) is 7. The summed E-state index contributed by atoms with van der Waals surface area (Å²) in [7, 11) is 0. The monoisotopic (exact) mass is 391 g/mol. The van der Waals surface area contributed by atoms with E-state index in [2.05, 4.69) is 30.8 Å². The van der Waals surface area contributed by atoms with Crippen LogP contribution in [0.2, 0.25) is 0 Å². The van der Waals surface area contributed by atoms with E-state index in [-0.39, 0.29) is 5.91 Å². The smallest absolute Gasteiger partial charge is 0.237 e. The summed E-state index contributed by atoms with van der Waals surface area (Å²) >= 11 is 1.30. The van der Waals surface area contributed by atoms with Gasteiger partial charge in [0.05, 0.1) is 22.0 Å². The molecule has 140 valence electrons. The highest BCUT2D eigenvalue weighted by Crippen LogP contribution is 2.24. The first-order valence-electron chi connectivity index (χ1n) is 8.64. The van der Waals surface area contributed by atoms with Crippen LogP contribution in [0.5, 0.6) is 0 Å². The molecular weight excluding hydrogens is 374 g/mol. The van der Waals surface area contributed by atoms with Gasteiger partial charge < -0.3 is 5.32 Å². The van der Waals surface area contributed by atoms with Gasteiger partial charge in [-0.3, -0.25) is 14.8 Å². The number of fused-ring (bicyclic) bond motifs is 1. The van der Waals surface area contributed by atoms with E-state index < -0.39 is 5.25 Å². The van der Waals surface area contributed by atoms with E-state index >= 15 is 0 Å². The minimum atomic E-state index is -0.396. The number of carbonyl (C=O) groups is 1. The van der Waals surface area contributed by atoms with Gasteiger partial charge in [-0.15, -0.1) is 5.10 Å². The van der Waals surface area contributed by atoms with E-state index in [1.807, 2.05) is 50.2 Å². The van der Waals surface area contributed by atoms with Crippen LogP contribution in [0, 0.1) is 6.92 Å². The van der Waals surface area contributed by atoms with Crippen molar-refractivity contribution in [1.29, 1.82) is 0 Å². The van der Waals surface area contributed by atoms with E-state index in [1.54, 1.807) is 23.1 Å². The number of amides is 1. The van der Waals surface area contributed by atoms with E-state index in [4.69, 9.17) is 0 Å². The Kier molecular flexibility index (Phi) is 4.98. The zero-order chi connectivity index (χ0) is 19.5. The molecule has 9 heteroatoms. The van der Waals surface area contributed by atoms with Gasteiger partial charge in [0, 0.05) is 18.1 Å². The summed E-state index contributed by atoms with van der Waals surface area (Å²) in [5, 5.41) is 14.9. The summed E-state index contributed by atoms with van der Waals surface area (Å²) in [6.07, 6.45) is 3.26. The van der Waals surface area contributed by atoms with Crippen molar-refractivity contribution in [2.45, 2.75) is 24.3 Å². The fraction of sp³-hybridized carbons (Fsp3) is 0.158. The van der Waals surface area contributed by atoms with E-state index in [9.17, 15) is 4.79 Å². The summed E-state index contributed by atoms with van der Waals surface area (Å²) < 4.78 is 1.63. The number of tetrazole rings is 1. The van der Waals surface area contributed by atoms with E-state index in [0.717, 1.165) is 22.3 Å². The van der Waals surface area contributed by atoms with Gasteiger partial charge in [0.1, 0.15) is 0 Å². The standard InChI is InChI=1S/C19H17N7OS/c1-12-4-3-5-15(10-12)26-19(23-24-25-26)28-13(2)18(27)22-14-6-7-16-17(11-14)21-9-8-20-16/h3-11,13H,1-2H3,(H,22,27)/t13-/m1/s1. The van der Waals surface area contributed by atoms with Crippen LogP contribution in [0.15, 0.2) is 60.0 Å². The maximum atomic E-state index is 12.6. The third kappa shape index (κ3) is 3.84. The van der Waals surface area contributed by atoms with Gasteiger partial charge in [-0.1, -0.05) is 23.9 Å². The van der Waals surface area contributed by atoms with Crippen molar-refractivity contribution >= 4 is 34.4 Å². The molecule has 0 aliphatic carbocycles. The predicted octanol–water partition coefficient (Wildman–Crippen LogP) is 3.03. The minimum Gasteiger partial charge on any atom is -0.325 e. The Morgan fingerprint density at radius 3 is 2.75 bits per heavy atom. The van der Waals surface area contributed by atoms with Crippen LogP contribution < -0.4 is 5.32 Å². The van der Waals surface area contributed by atoms with Crippen molar-refractivity contribution in [3.63, 3.8) is 0 Å². The van der Waals surface area contributed by atoms with Crippen molar-refractivity contribution in [2.75, 3.05) is 5.32 Å². The third-order valence-corrected chi connectivity index (χ3v) is 5.11. The summed E-state index contributed by atoms with van der Waals surface area (Å²) in [6.45, 7) is 3.82. The number of aryl methyl sites for hydroxylation is 1. The Bertz CT molecular complexity index is 1140. The first-order valence-corrected chi connectivity index (χ1v) is 9.52. The molecule has 0 fully saturated rings. The first-order chi connectivity index (χ1) is 13.6. The van der Waals surface area contributed by atoms with Crippen LogP contribution in [-0.2, 0) is 4.79 Å². The number of benzene rings is 2. The normalized spacial score (nSPS) is 12.1. The molecule has 0 spiro atoms. The lowest BCUT2D eigenvalue weighted by molar-refractivity contribution is -0.115. The quantitative estimate of drug-likeness (QED) is 0.522. The maximum Gasteiger partial charge on any atom is 0.237 e. The molecule has 4 rings (SSSR count). The fourth-order valence-electron chi connectivity index (χ4n) is 2.67. The van der Waals surface area contributed by atoms with Gasteiger partial charge in [0.15, 0.2) is 0 Å². The number of anilines is 1. The van der Waals surface area contributed by atoms with Crippen LogP contribution in [0.4, 0.5) is 5.69 Å². The average molecular weight is 391 g/mol. The summed E-state index contributed by atoms with van der Waals surface area (Å²) in [5.74, 6) is -0.146. The number of aromatic nitrogens is 6. The number of nitrogens with one attached hydrogen (secondary N) is 1. The SMILES string of the molecule is Cc1cccc(-n2nnnc2S[C@H](C)C(=O)Nc2ccc3nccnc3c2)c1. The Hall–Kier alpha value is -3.33. The molecule has 0 bridgehead atoms. The lowest BCUT2D eigenvalue weighted by atomic mass is 10.2. The molecule has 4 aromatic rings. The molecule has 0 aliphatic heterocycles. The summed E-state index contributed by atoms with van der Waals surface area (Å²) in [4.78, 5) is 21.1. The van der Waals surface area contributed by atoms with E-state index in [1.165, 1.54) is 11.8 Å². The van der Waals surface area contributed by atoms with Crippen LogP contribution in [0.25, 0.3) is 16.7 Å². The molecular formula is C19H17N7OS. The van der Waals surface area contributed by atoms with Crippen molar-refractivity contribution in [1.82, 2.24) is 30.2 Å². The second-order valence-electron chi connectivity index (χ2n) is 6.22. The number of thioether (sulfide) groups is 1. The van der Waals surface area contributed by atoms with Crippen molar-refractivity contribution in [3.8, 4) is 5.69 Å². The van der Waals surface area contributed by atoms with Gasteiger partial charge in [-0.2, -0.15) is 4.68 Å². The summed E-state index contributed by atoms with van der Waals surface area (Å²) in [6, 6.07) is 13.3. The molecule has 1 N–H and O–H groups in total. The number of hydrogen-bond donors (Lipinski definition) is 1.